The topological polar surface area (TPSA) is 72.9 Å². The number of thiazole rings is 1. The van der Waals surface area contributed by atoms with Crippen molar-refractivity contribution in [3.8, 4) is 0 Å². The number of aromatic nitrogens is 2. The number of nitrogens with zero attached hydrogens (tertiary/aromatic N) is 2. The van der Waals surface area contributed by atoms with Crippen molar-refractivity contribution in [1.29, 1.82) is 0 Å². The Balaban J connectivity index is 2.24. The molecule has 3 N–H and O–H groups in total. The van der Waals surface area contributed by atoms with Gasteiger partial charge in [-0.15, -0.1) is 0 Å². The number of hydrazine groups is 1. The normalized spacial score (nSPS) is 10.2. The van der Waals surface area contributed by atoms with Gasteiger partial charge in [0.2, 0.25) is 0 Å². The molecule has 2 aromatic rings. The van der Waals surface area contributed by atoms with Crippen LogP contribution in [0.1, 0.15) is 5.69 Å². The van der Waals surface area contributed by atoms with Crippen LogP contribution in [0.25, 0.3) is 0 Å². The summed E-state index contributed by atoms with van der Waals surface area (Å²) in [5.41, 5.74) is 3.26. The van der Waals surface area contributed by atoms with Gasteiger partial charge >= 0.3 is 4.87 Å². The van der Waals surface area contributed by atoms with Crippen molar-refractivity contribution in [2.75, 3.05) is 5.43 Å². The molecule has 2 rings (SSSR count). The number of nitrogen functional groups attached to an aromatic ring is 1. The first-order chi connectivity index (χ1) is 7.29. The molecule has 0 aliphatic carbocycles. The van der Waals surface area contributed by atoms with Crippen LogP contribution in [-0.2, 0) is 6.54 Å². The minimum atomic E-state index is 0.0166. The lowest BCUT2D eigenvalue weighted by Crippen LogP contribution is -2.15. The van der Waals surface area contributed by atoms with E-state index in [1.807, 2.05) is 12.1 Å². The maximum Gasteiger partial charge on any atom is 0.307 e. The maximum absolute atomic E-state index is 11.3. The standard InChI is InChI=1S/C9H10N4OS/c10-12-8-3-1-2-7(11-8)6-13-4-5-15-9(13)14/h1-5H,6,10H2,(H,11,12). The third kappa shape index (κ3) is 2.23. The predicted octanol–water partition coefficient (Wildman–Crippen LogP) is 0.639. The highest BCUT2D eigenvalue weighted by Crippen LogP contribution is 2.04. The monoisotopic (exact) mass is 222 g/mol. The van der Waals surface area contributed by atoms with E-state index in [-0.39, 0.29) is 4.87 Å². The summed E-state index contributed by atoms with van der Waals surface area (Å²) in [7, 11) is 0. The molecule has 0 fully saturated rings. The molecule has 0 unspecified atom stereocenters. The zero-order valence-corrected chi connectivity index (χ0v) is 8.70. The van der Waals surface area contributed by atoms with Gasteiger partial charge in [0, 0.05) is 11.6 Å². The van der Waals surface area contributed by atoms with Crippen LogP contribution in [-0.4, -0.2) is 9.55 Å². The zero-order valence-electron chi connectivity index (χ0n) is 7.88. The van der Waals surface area contributed by atoms with Gasteiger partial charge in [-0.25, -0.2) is 10.8 Å². The third-order valence-electron chi connectivity index (χ3n) is 1.93. The average molecular weight is 222 g/mol. The lowest BCUT2D eigenvalue weighted by atomic mass is 10.3. The summed E-state index contributed by atoms with van der Waals surface area (Å²) in [5.74, 6) is 5.84. The molecule has 0 saturated heterocycles. The molecule has 5 nitrogen and oxygen atoms in total. The molecule has 2 heterocycles. The summed E-state index contributed by atoms with van der Waals surface area (Å²) < 4.78 is 1.60. The fraction of sp³-hybridized carbons (Fsp3) is 0.111. The molecule has 0 radical (unpaired) electrons. The van der Waals surface area contributed by atoms with Gasteiger partial charge in [-0.2, -0.15) is 0 Å². The molecular formula is C9H10N4OS. The van der Waals surface area contributed by atoms with E-state index in [0.29, 0.717) is 12.4 Å². The van der Waals surface area contributed by atoms with Crippen LogP contribution in [0.4, 0.5) is 5.82 Å². The second-order valence-corrected chi connectivity index (χ2v) is 3.81. The summed E-state index contributed by atoms with van der Waals surface area (Å²) in [4.78, 5) is 15.5. The Morgan fingerprint density at radius 2 is 2.40 bits per heavy atom. The van der Waals surface area contributed by atoms with Crippen LogP contribution >= 0.6 is 11.3 Å². The first-order valence-corrected chi connectivity index (χ1v) is 5.24. The molecule has 2 aromatic heterocycles. The molecule has 0 spiro atoms. The molecule has 15 heavy (non-hydrogen) atoms. The molecule has 0 saturated carbocycles. The number of nitrogens with one attached hydrogen (secondary N) is 1. The predicted molar refractivity (Wildman–Crippen MR) is 59.7 cm³/mol. The first kappa shape index (κ1) is 9.88. The first-order valence-electron chi connectivity index (χ1n) is 4.36. The van der Waals surface area contributed by atoms with Gasteiger partial charge in [0.1, 0.15) is 5.82 Å². The van der Waals surface area contributed by atoms with Gasteiger partial charge in [-0.05, 0) is 12.1 Å². The molecule has 78 valence electrons. The average Bonchev–Trinajstić information content (AvgIpc) is 2.65. The number of pyridine rings is 1. The number of hydrogen-bond acceptors (Lipinski definition) is 5. The minimum absolute atomic E-state index is 0.0166. The van der Waals surface area contributed by atoms with E-state index in [9.17, 15) is 4.79 Å². The van der Waals surface area contributed by atoms with Crippen molar-refractivity contribution in [3.63, 3.8) is 0 Å². The van der Waals surface area contributed by atoms with Crippen molar-refractivity contribution in [2.45, 2.75) is 6.54 Å². The van der Waals surface area contributed by atoms with Crippen LogP contribution in [0.15, 0.2) is 34.6 Å². The molecule has 0 aromatic carbocycles. The number of hydrogen-bond donors (Lipinski definition) is 2. The number of nitrogens with two attached hydrogens (primary N) is 1. The lowest BCUT2D eigenvalue weighted by Gasteiger charge is -2.03. The summed E-state index contributed by atoms with van der Waals surface area (Å²) in [6.45, 7) is 0.470. The van der Waals surface area contributed by atoms with E-state index < -0.39 is 0 Å². The molecule has 0 amide bonds. The highest BCUT2D eigenvalue weighted by atomic mass is 32.1. The molecule has 0 aliphatic rings. The highest BCUT2D eigenvalue weighted by molar-refractivity contribution is 7.07. The third-order valence-corrected chi connectivity index (χ3v) is 2.63. The van der Waals surface area contributed by atoms with Gasteiger partial charge in [-0.1, -0.05) is 17.4 Å². The van der Waals surface area contributed by atoms with Gasteiger partial charge in [0.15, 0.2) is 0 Å². The number of rotatable bonds is 3. The summed E-state index contributed by atoms with van der Waals surface area (Å²) in [6.07, 6.45) is 1.75. The van der Waals surface area contributed by atoms with E-state index >= 15 is 0 Å². The SMILES string of the molecule is NNc1cccc(Cn2ccsc2=O)n1. The van der Waals surface area contributed by atoms with E-state index in [1.54, 1.807) is 22.2 Å². The van der Waals surface area contributed by atoms with Crippen molar-refractivity contribution < 1.29 is 0 Å². The second-order valence-electron chi connectivity index (χ2n) is 2.96. The summed E-state index contributed by atoms with van der Waals surface area (Å²) in [6, 6.07) is 5.46. The Kier molecular flexibility index (Phi) is 2.79. The Morgan fingerprint density at radius 1 is 1.53 bits per heavy atom. The van der Waals surface area contributed by atoms with E-state index in [4.69, 9.17) is 5.84 Å². The van der Waals surface area contributed by atoms with Crippen molar-refractivity contribution in [1.82, 2.24) is 9.55 Å². The Labute approximate surface area is 90.2 Å². The van der Waals surface area contributed by atoms with E-state index in [0.717, 1.165) is 5.69 Å². The summed E-state index contributed by atoms with van der Waals surface area (Å²) >= 11 is 1.17. The Morgan fingerprint density at radius 3 is 3.07 bits per heavy atom. The molecule has 0 atom stereocenters. The zero-order chi connectivity index (χ0) is 10.7. The smallest absolute Gasteiger partial charge is 0.307 e. The second kappa shape index (κ2) is 4.24. The lowest BCUT2D eigenvalue weighted by molar-refractivity contribution is 0.762. The van der Waals surface area contributed by atoms with Crippen LogP contribution in [0.2, 0.25) is 0 Å². The fourth-order valence-corrected chi connectivity index (χ4v) is 1.82. The maximum atomic E-state index is 11.3. The van der Waals surface area contributed by atoms with Gasteiger partial charge in [0.25, 0.3) is 0 Å². The van der Waals surface area contributed by atoms with Crippen molar-refractivity contribution in [2.24, 2.45) is 5.84 Å². The van der Waals surface area contributed by atoms with Crippen molar-refractivity contribution >= 4 is 17.2 Å². The van der Waals surface area contributed by atoms with Gasteiger partial charge in [-0.3, -0.25) is 9.36 Å². The molecule has 6 heteroatoms. The molecular weight excluding hydrogens is 212 g/mol. The van der Waals surface area contributed by atoms with Crippen LogP contribution in [0.3, 0.4) is 0 Å². The Bertz CT molecular complexity index is 505. The van der Waals surface area contributed by atoms with Crippen LogP contribution in [0.5, 0.6) is 0 Å². The van der Waals surface area contributed by atoms with Gasteiger partial charge in [0.05, 0.1) is 12.2 Å². The molecule has 0 bridgehead atoms. The van der Waals surface area contributed by atoms with Crippen LogP contribution in [0, 0.1) is 0 Å². The fourth-order valence-electron chi connectivity index (χ4n) is 1.23. The van der Waals surface area contributed by atoms with Gasteiger partial charge < -0.3 is 5.43 Å². The largest absolute Gasteiger partial charge is 0.308 e. The minimum Gasteiger partial charge on any atom is -0.308 e. The molecule has 0 aliphatic heterocycles. The number of anilines is 1. The van der Waals surface area contributed by atoms with Crippen LogP contribution < -0.4 is 16.1 Å². The quantitative estimate of drug-likeness (QED) is 0.590. The Hall–Kier alpha value is -1.66. The van der Waals surface area contributed by atoms with E-state index in [2.05, 4.69) is 10.4 Å². The van der Waals surface area contributed by atoms with Crippen molar-refractivity contribution in [3.05, 3.63) is 45.1 Å². The summed E-state index contributed by atoms with van der Waals surface area (Å²) in [5, 5.41) is 1.76. The highest BCUT2D eigenvalue weighted by Gasteiger charge is 2.00. The van der Waals surface area contributed by atoms with E-state index in [1.165, 1.54) is 11.3 Å².